The molecular weight excluding hydrogens is 496 g/mol. The van der Waals surface area contributed by atoms with Crippen molar-refractivity contribution in [2.24, 2.45) is 0 Å². The van der Waals surface area contributed by atoms with Gasteiger partial charge in [0.2, 0.25) is 0 Å². The molecule has 0 aliphatic rings. The molecule has 41 heavy (non-hydrogen) atoms. The standard InChI is InChI=1S/C40H36O/c1-2-3-4-14-31-41-38-29-25-33(26-30-38)22-21-32-23-27-37(28-24-32)40(36-19-12-7-13-20-36)39(34-15-8-5-9-16-34)35-17-10-6-11-18-35/h5-13,15-20,23-30H,2-4,14,31H2,1H3. The molecule has 0 heterocycles. The topological polar surface area (TPSA) is 9.23 Å². The molecule has 1 nitrogen and oxygen atoms in total. The Balaban J connectivity index is 1.43. The van der Waals surface area contributed by atoms with Gasteiger partial charge in [-0.05, 0) is 76.2 Å². The fraction of sp³-hybridized carbons (Fsp3) is 0.150. The zero-order valence-corrected chi connectivity index (χ0v) is 23.7. The van der Waals surface area contributed by atoms with Crippen molar-refractivity contribution in [1.82, 2.24) is 0 Å². The van der Waals surface area contributed by atoms with E-state index in [4.69, 9.17) is 4.74 Å². The van der Waals surface area contributed by atoms with Crippen molar-refractivity contribution >= 4 is 11.1 Å². The molecule has 0 amide bonds. The van der Waals surface area contributed by atoms with E-state index in [-0.39, 0.29) is 0 Å². The number of rotatable bonds is 10. The van der Waals surface area contributed by atoms with Gasteiger partial charge in [0.15, 0.2) is 0 Å². The minimum atomic E-state index is 0.771. The van der Waals surface area contributed by atoms with Crippen LogP contribution >= 0.6 is 0 Å². The molecule has 0 aromatic heterocycles. The Morgan fingerprint density at radius 1 is 0.463 bits per heavy atom. The smallest absolute Gasteiger partial charge is 0.119 e. The quantitative estimate of drug-likeness (QED) is 0.0988. The molecule has 0 radical (unpaired) electrons. The molecule has 5 aromatic carbocycles. The summed E-state index contributed by atoms with van der Waals surface area (Å²) >= 11 is 0. The van der Waals surface area contributed by atoms with E-state index in [1.165, 1.54) is 47.1 Å². The molecule has 0 N–H and O–H groups in total. The summed E-state index contributed by atoms with van der Waals surface area (Å²) in [6, 6.07) is 48.6. The van der Waals surface area contributed by atoms with Crippen molar-refractivity contribution in [1.29, 1.82) is 0 Å². The average molecular weight is 533 g/mol. The summed E-state index contributed by atoms with van der Waals surface area (Å²) in [7, 11) is 0. The van der Waals surface area contributed by atoms with Crippen LogP contribution < -0.4 is 4.74 Å². The fourth-order valence-corrected chi connectivity index (χ4v) is 4.94. The Hall–Kier alpha value is -4.80. The first-order valence-electron chi connectivity index (χ1n) is 14.6. The molecule has 0 aliphatic carbocycles. The lowest BCUT2D eigenvalue weighted by molar-refractivity contribution is 0.305. The first-order chi connectivity index (χ1) is 20.3. The van der Waals surface area contributed by atoms with Crippen molar-refractivity contribution in [2.45, 2.75) is 32.6 Å². The molecule has 0 saturated heterocycles. The van der Waals surface area contributed by atoms with E-state index in [9.17, 15) is 0 Å². The maximum Gasteiger partial charge on any atom is 0.119 e. The molecule has 0 unspecified atom stereocenters. The maximum atomic E-state index is 5.87. The van der Waals surface area contributed by atoms with Crippen molar-refractivity contribution in [3.05, 3.63) is 173 Å². The monoisotopic (exact) mass is 532 g/mol. The normalized spacial score (nSPS) is 10.4. The van der Waals surface area contributed by atoms with Gasteiger partial charge in [-0.3, -0.25) is 0 Å². The lowest BCUT2D eigenvalue weighted by atomic mass is 9.85. The Morgan fingerprint density at radius 3 is 1.32 bits per heavy atom. The lowest BCUT2D eigenvalue weighted by Crippen LogP contribution is -1.97. The highest BCUT2D eigenvalue weighted by Crippen LogP contribution is 2.36. The van der Waals surface area contributed by atoms with Crippen LogP contribution in [0.4, 0.5) is 0 Å². The highest BCUT2D eigenvalue weighted by Gasteiger charge is 2.15. The summed E-state index contributed by atoms with van der Waals surface area (Å²) in [5.74, 6) is 7.55. The summed E-state index contributed by atoms with van der Waals surface area (Å²) in [6.45, 7) is 2.99. The maximum absolute atomic E-state index is 5.87. The van der Waals surface area contributed by atoms with Crippen LogP contribution in [0.1, 0.15) is 66.0 Å². The highest BCUT2D eigenvalue weighted by atomic mass is 16.5. The van der Waals surface area contributed by atoms with Gasteiger partial charge in [0.25, 0.3) is 0 Å². The van der Waals surface area contributed by atoms with Gasteiger partial charge in [0.05, 0.1) is 6.61 Å². The Labute approximate surface area is 245 Å². The fourth-order valence-electron chi connectivity index (χ4n) is 4.94. The van der Waals surface area contributed by atoms with Crippen LogP contribution in [0.15, 0.2) is 140 Å². The molecule has 0 atom stereocenters. The molecule has 0 bridgehead atoms. The van der Waals surface area contributed by atoms with Crippen LogP contribution in [0.25, 0.3) is 11.1 Å². The molecule has 202 valence electrons. The molecule has 1 heteroatoms. The third kappa shape index (κ3) is 7.65. The zero-order chi connectivity index (χ0) is 28.1. The largest absolute Gasteiger partial charge is 0.494 e. The van der Waals surface area contributed by atoms with Gasteiger partial charge >= 0.3 is 0 Å². The Kier molecular flexibility index (Phi) is 9.85. The van der Waals surface area contributed by atoms with Gasteiger partial charge in [-0.1, -0.05) is 141 Å². The van der Waals surface area contributed by atoms with E-state index in [0.29, 0.717) is 0 Å². The molecule has 5 rings (SSSR count). The van der Waals surface area contributed by atoms with Gasteiger partial charge in [0, 0.05) is 11.1 Å². The number of ether oxygens (including phenoxy) is 1. The van der Waals surface area contributed by atoms with Crippen LogP contribution in [0, 0.1) is 11.8 Å². The Bertz CT molecular complexity index is 1540. The van der Waals surface area contributed by atoms with E-state index < -0.39 is 0 Å². The number of hydrogen-bond donors (Lipinski definition) is 0. The average Bonchev–Trinajstić information content (AvgIpc) is 3.04. The van der Waals surface area contributed by atoms with Crippen LogP contribution in [0.5, 0.6) is 5.75 Å². The molecule has 0 aliphatic heterocycles. The van der Waals surface area contributed by atoms with Gasteiger partial charge in [-0.2, -0.15) is 0 Å². The van der Waals surface area contributed by atoms with E-state index in [0.717, 1.165) is 35.5 Å². The first kappa shape index (κ1) is 27.8. The van der Waals surface area contributed by atoms with Crippen molar-refractivity contribution in [2.75, 3.05) is 6.61 Å². The van der Waals surface area contributed by atoms with Crippen LogP contribution in [-0.2, 0) is 0 Å². The second kappa shape index (κ2) is 14.5. The third-order valence-corrected chi connectivity index (χ3v) is 7.08. The first-order valence-corrected chi connectivity index (χ1v) is 14.6. The minimum Gasteiger partial charge on any atom is -0.494 e. The minimum absolute atomic E-state index is 0.771. The van der Waals surface area contributed by atoms with Gasteiger partial charge in [-0.25, -0.2) is 0 Å². The number of benzene rings is 5. The van der Waals surface area contributed by atoms with E-state index in [1.54, 1.807) is 0 Å². The highest BCUT2D eigenvalue weighted by molar-refractivity contribution is 6.04. The van der Waals surface area contributed by atoms with Gasteiger partial charge in [-0.15, -0.1) is 0 Å². The van der Waals surface area contributed by atoms with E-state index >= 15 is 0 Å². The molecule has 5 aromatic rings. The van der Waals surface area contributed by atoms with Crippen LogP contribution in [0.2, 0.25) is 0 Å². The predicted octanol–water partition coefficient (Wildman–Crippen LogP) is 10.1. The zero-order valence-electron chi connectivity index (χ0n) is 23.7. The molecule has 0 saturated carbocycles. The third-order valence-electron chi connectivity index (χ3n) is 7.08. The second-order valence-corrected chi connectivity index (χ2v) is 10.1. The van der Waals surface area contributed by atoms with Crippen LogP contribution in [-0.4, -0.2) is 6.61 Å². The van der Waals surface area contributed by atoms with Crippen molar-refractivity contribution in [3.63, 3.8) is 0 Å². The summed E-state index contributed by atoms with van der Waals surface area (Å²) in [6.07, 6.45) is 4.83. The second-order valence-electron chi connectivity index (χ2n) is 10.1. The molecular formula is C40H36O. The van der Waals surface area contributed by atoms with E-state index in [2.05, 4.69) is 134 Å². The summed E-state index contributed by atoms with van der Waals surface area (Å²) < 4.78 is 5.87. The number of unbranched alkanes of at least 4 members (excludes halogenated alkanes) is 3. The van der Waals surface area contributed by atoms with Gasteiger partial charge in [0.1, 0.15) is 5.75 Å². The van der Waals surface area contributed by atoms with Crippen molar-refractivity contribution < 1.29 is 4.74 Å². The van der Waals surface area contributed by atoms with Crippen LogP contribution in [0.3, 0.4) is 0 Å². The van der Waals surface area contributed by atoms with Gasteiger partial charge < -0.3 is 4.74 Å². The molecule has 0 spiro atoms. The Morgan fingerprint density at radius 2 is 0.878 bits per heavy atom. The number of hydrogen-bond acceptors (Lipinski definition) is 1. The SMILES string of the molecule is CCCCCCOc1ccc(C#Cc2ccc(C(=C(c3ccccc3)c3ccccc3)c3ccccc3)cc2)cc1. The predicted molar refractivity (Wildman–Crippen MR) is 173 cm³/mol. The summed E-state index contributed by atoms with van der Waals surface area (Å²) in [5.41, 5.74) is 9.10. The summed E-state index contributed by atoms with van der Waals surface area (Å²) in [4.78, 5) is 0. The summed E-state index contributed by atoms with van der Waals surface area (Å²) in [5, 5.41) is 0. The lowest BCUT2D eigenvalue weighted by Gasteiger charge is -2.18. The van der Waals surface area contributed by atoms with E-state index in [1.807, 2.05) is 24.3 Å². The van der Waals surface area contributed by atoms with Crippen molar-refractivity contribution in [3.8, 4) is 17.6 Å². The molecule has 0 fully saturated rings.